The van der Waals surface area contributed by atoms with Crippen molar-refractivity contribution >= 4 is 33.0 Å². The minimum Gasteiger partial charge on any atom is -0.506 e. The van der Waals surface area contributed by atoms with Gasteiger partial charge in [0.2, 0.25) is 10.0 Å². The van der Waals surface area contributed by atoms with Crippen molar-refractivity contribution in [2.75, 3.05) is 25.0 Å². The lowest BCUT2D eigenvalue weighted by molar-refractivity contribution is 0.473. The highest BCUT2D eigenvalue weighted by Crippen LogP contribution is 2.29. The second-order valence-electron chi connectivity index (χ2n) is 4.91. The van der Waals surface area contributed by atoms with Crippen LogP contribution < -0.4 is 10.6 Å². The lowest BCUT2D eigenvalue weighted by Gasteiger charge is -2.17. The van der Waals surface area contributed by atoms with Gasteiger partial charge in [-0.2, -0.15) is 4.31 Å². The fourth-order valence-corrected chi connectivity index (χ4v) is 3.92. The summed E-state index contributed by atoms with van der Waals surface area (Å²) in [6, 6.07) is 4.14. The highest BCUT2D eigenvalue weighted by molar-refractivity contribution is 7.89. The van der Waals surface area contributed by atoms with E-state index in [0.29, 0.717) is 19.6 Å². The number of benzene rings is 1. The van der Waals surface area contributed by atoms with Crippen LogP contribution in [0.1, 0.15) is 12.8 Å². The molecule has 120 valence electrons. The van der Waals surface area contributed by atoms with Crippen molar-refractivity contribution in [2.45, 2.75) is 17.7 Å². The molecule has 3 N–H and O–H groups in total. The van der Waals surface area contributed by atoms with Gasteiger partial charge in [-0.25, -0.2) is 8.42 Å². The summed E-state index contributed by atoms with van der Waals surface area (Å²) in [6.45, 7) is 5.10. The third kappa shape index (κ3) is 3.76. The van der Waals surface area contributed by atoms with Crippen LogP contribution in [0.3, 0.4) is 0 Å². The standard InChI is InChI=1S/C14H19N3O3S2/c1-2-7-15-14(21)16-12-10-11(5-6-13(12)18)22(19,20)17-8-3-4-9-17/h2,5-6,10,18H,1,3-4,7-9H2,(H2,15,16,21). The molecule has 1 saturated heterocycles. The van der Waals surface area contributed by atoms with Crippen molar-refractivity contribution < 1.29 is 13.5 Å². The Labute approximate surface area is 135 Å². The summed E-state index contributed by atoms with van der Waals surface area (Å²) >= 11 is 5.06. The highest BCUT2D eigenvalue weighted by Gasteiger charge is 2.27. The van der Waals surface area contributed by atoms with Crippen molar-refractivity contribution in [3.05, 3.63) is 30.9 Å². The molecule has 1 heterocycles. The summed E-state index contributed by atoms with van der Waals surface area (Å²) in [5.74, 6) is -0.0666. The number of phenolic OH excluding ortho intramolecular Hbond substituents is 1. The average Bonchev–Trinajstić information content (AvgIpc) is 3.02. The van der Waals surface area contributed by atoms with E-state index in [0.717, 1.165) is 12.8 Å². The minimum atomic E-state index is -3.53. The zero-order valence-electron chi connectivity index (χ0n) is 12.1. The minimum absolute atomic E-state index is 0.0666. The van der Waals surface area contributed by atoms with Crippen molar-refractivity contribution in [2.24, 2.45) is 0 Å². The average molecular weight is 341 g/mol. The predicted molar refractivity (Wildman–Crippen MR) is 90.5 cm³/mol. The number of aromatic hydroxyl groups is 1. The first-order chi connectivity index (χ1) is 10.4. The molecule has 6 nitrogen and oxygen atoms in total. The second-order valence-corrected chi connectivity index (χ2v) is 7.26. The summed E-state index contributed by atoms with van der Waals surface area (Å²) in [5, 5.41) is 15.8. The van der Waals surface area contributed by atoms with E-state index >= 15 is 0 Å². The van der Waals surface area contributed by atoms with E-state index in [2.05, 4.69) is 17.2 Å². The van der Waals surface area contributed by atoms with Crippen LogP contribution in [0.4, 0.5) is 5.69 Å². The van der Waals surface area contributed by atoms with Gasteiger partial charge in [0, 0.05) is 19.6 Å². The molecule has 8 heteroatoms. The number of hydrogen-bond donors (Lipinski definition) is 3. The van der Waals surface area contributed by atoms with E-state index < -0.39 is 10.0 Å². The van der Waals surface area contributed by atoms with E-state index in [4.69, 9.17) is 12.2 Å². The summed E-state index contributed by atoms with van der Waals surface area (Å²) in [6.07, 6.45) is 3.39. The Morgan fingerprint density at radius 2 is 2.09 bits per heavy atom. The Hall–Kier alpha value is -1.64. The molecule has 1 aliphatic heterocycles. The summed E-state index contributed by atoms with van der Waals surface area (Å²) in [4.78, 5) is 0.140. The number of rotatable bonds is 5. The van der Waals surface area contributed by atoms with Gasteiger partial charge in [-0.1, -0.05) is 6.08 Å². The topological polar surface area (TPSA) is 81.7 Å². The zero-order valence-corrected chi connectivity index (χ0v) is 13.7. The van der Waals surface area contributed by atoms with Crippen LogP contribution in [-0.2, 0) is 10.0 Å². The SMILES string of the molecule is C=CCNC(=S)Nc1cc(S(=O)(=O)N2CCCC2)ccc1O. The first kappa shape index (κ1) is 16.7. The fourth-order valence-electron chi connectivity index (χ4n) is 2.18. The maximum Gasteiger partial charge on any atom is 0.243 e. The van der Waals surface area contributed by atoms with Crippen LogP contribution in [-0.4, -0.2) is 42.6 Å². The lowest BCUT2D eigenvalue weighted by Crippen LogP contribution is -2.29. The second kappa shape index (κ2) is 7.08. The van der Waals surface area contributed by atoms with E-state index in [1.807, 2.05) is 0 Å². The Bertz CT molecular complexity index is 668. The highest BCUT2D eigenvalue weighted by atomic mass is 32.2. The molecule has 0 bridgehead atoms. The van der Waals surface area contributed by atoms with Crippen LogP contribution in [0.25, 0.3) is 0 Å². The number of anilines is 1. The summed E-state index contributed by atoms with van der Waals surface area (Å²) < 4.78 is 26.5. The first-order valence-corrected chi connectivity index (χ1v) is 8.79. The number of thiocarbonyl (C=S) groups is 1. The molecule has 0 radical (unpaired) electrons. The molecule has 1 fully saturated rings. The van der Waals surface area contributed by atoms with Gasteiger partial charge in [0.25, 0.3) is 0 Å². The smallest absolute Gasteiger partial charge is 0.243 e. The van der Waals surface area contributed by atoms with E-state index in [-0.39, 0.29) is 21.4 Å². The van der Waals surface area contributed by atoms with Gasteiger partial charge in [0.15, 0.2) is 5.11 Å². The number of phenols is 1. The first-order valence-electron chi connectivity index (χ1n) is 6.94. The molecule has 2 rings (SSSR count). The van der Waals surface area contributed by atoms with Crippen LogP contribution >= 0.6 is 12.2 Å². The molecule has 0 spiro atoms. The largest absolute Gasteiger partial charge is 0.506 e. The Morgan fingerprint density at radius 1 is 1.41 bits per heavy atom. The molecule has 1 aromatic rings. The molecule has 0 saturated carbocycles. The summed E-state index contributed by atoms with van der Waals surface area (Å²) in [7, 11) is -3.53. The fraction of sp³-hybridized carbons (Fsp3) is 0.357. The van der Waals surface area contributed by atoms with Crippen LogP contribution in [0.15, 0.2) is 35.7 Å². The van der Waals surface area contributed by atoms with Gasteiger partial charge < -0.3 is 15.7 Å². The predicted octanol–water partition coefficient (Wildman–Crippen LogP) is 1.65. The van der Waals surface area contributed by atoms with Crippen molar-refractivity contribution in [3.63, 3.8) is 0 Å². The monoisotopic (exact) mass is 341 g/mol. The molecule has 1 aromatic carbocycles. The molecule has 0 aromatic heterocycles. The van der Waals surface area contributed by atoms with E-state index in [1.54, 1.807) is 6.08 Å². The molecule has 0 aliphatic carbocycles. The van der Waals surface area contributed by atoms with Gasteiger partial charge in [-0.3, -0.25) is 0 Å². The van der Waals surface area contributed by atoms with Crippen molar-refractivity contribution in [1.29, 1.82) is 0 Å². The van der Waals surface area contributed by atoms with Crippen LogP contribution in [0.2, 0.25) is 0 Å². The number of nitrogens with zero attached hydrogens (tertiary/aromatic N) is 1. The Morgan fingerprint density at radius 3 is 2.73 bits per heavy atom. The third-order valence-corrected chi connectivity index (χ3v) is 5.47. The zero-order chi connectivity index (χ0) is 16.2. The Balaban J connectivity index is 2.22. The quantitative estimate of drug-likeness (QED) is 0.429. The van der Waals surface area contributed by atoms with Crippen LogP contribution in [0, 0.1) is 0 Å². The maximum atomic E-state index is 12.5. The van der Waals surface area contributed by atoms with Gasteiger partial charge in [0.1, 0.15) is 5.75 Å². The van der Waals surface area contributed by atoms with E-state index in [9.17, 15) is 13.5 Å². The molecule has 1 aliphatic rings. The normalized spacial score (nSPS) is 15.5. The van der Waals surface area contributed by atoms with Crippen molar-refractivity contribution in [3.8, 4) is 5.75 Å². The van der Waals surface area contributed by atoms with Crippen LogP contribution in [0.5, 0.6) is 5.75 Å². The molecule has 0 unspecified atom stereocenters. The molecule has 0 amide bonds. The number of nitrogens with one attached hydrogen (secondary N) is 2. The van der Waals surface area contributed by atoms with Crippen molar-refractivity contribution in [1.82, 2.24) is 9.62 Å². The molecule has 0 atom stereocenters. The lowest BCUT2D eigenvalue weighted by atomic mass is 10.3. The molecule has 22 heavy (non-hydrogen) atoms. The van der Waals surface area contributed by atoms with Gasteiger partial charge in [-0.05, 0) is 43.3 Å². The molecular weight excluding hydrogens is 322 g/mol. The maximum absolute atomic E-state index is 12.5. The van der Waals surface area contributed by atoms with Gasteiger partial charge in [-0.15, -0.1) is 6.58 Å². The summed E-state index contributed by atoms with van der Waals surface area (Å²) in [5.41, 5.74) is 0.252. The van der Waals surface area contributed by atoms with Gasteiger partial charge >= 0.3 is 0 Å². The number of hydrogen-bond acceptors (Lipinski definition) is 4. The Kier molecular flexibility index (Phi) is 5.38. The number of sulfonamides is 1. The van der Waals surface area contributed by atoms with Gasteiger partial charge in [0.05, 0.1) is 10.6 Å². The third-order valence-electron chi connectivity index (χ3n) is 3.33. The van der Waals surface area contributed by atoms with E-state index in [1.165, 1.54) is 22.5 Å². The molecular formula is C14H19N3O3S2.